The maximum absolute atomic E-state index is 13.0. The van der Waals surface area contributed by atoms with E-state index in [1.807, 2.05) is 91.0 Å². The van der Waals surface area contributed by atoms with Gasteiger partial charge in [-0.15, -0.1) is 0 Å². The van der Waals surface area contributed by atoms with E-state index in [0.29, 0.717) is 0 Å². The number of hydrogen-bond acceptors (Lipinski definition) is 2. The van der Waals surface area contributed by atoms with Crippen LogP contribution in [0.3, 0.4) is 0 Å². The Morgan fingerprint density at radius 1 is 0.815 bits per heavy atom. The predicted molar refractivity (Wildman–Crippen MR) is 106 cm³/mol. The van der Waals surface area contributed by atoms with Gasteiger partial charge in [-0.05, 0) is 29.8 Å². The van der Waals surface area contributed by atoms with Crippen molar-refractivity contribution in [1.29, 1.82) is 0 Å². The minimum absolute atomic E-state index is 0.0386. The Bertz CT molecular complexity index is 926. The number of anilines is 2. The zero-order chi connectivity index (χ0) is 18.6. The van der Waals surface area contributed by atoms with Gasteiger partial charge in [-0.25, -0.2) is 0 Å². The van der Waals surface area contributed by atoms with E-state index in [2.05, 4.69) is 5.32 Å². The first kappa shape index (κ1) is 17.0. The van der Waals surface area contributed by atoms with Crippen molar-refractivity contribution in [3.05, 3.63) is 96.6 Å². The second-order valence-electron chi connectivity index (χ2n) is 6.62. The number of hydrogen-bond donors (Lipinski definition) is 1. The average Bonchev–Trinajstić information content (AvgIpc) is 3.07. The lowest BCUT2D eigenvalue weighted by molar-refractivity contribution is -0.122. The van der Waals surface area contributed by atoms with Crippen molar-refractivity contribution in [1.82, 2.24) is 0 Å². The van der Waals surface area contributed by atoms with Crippen molar-refractivity contribution in [3.8, 4) is 0 Å². The third kappa shape index (κ3) is 3.47. The lowest BCUT2D eigenvalue weighted by atomic mass is 9.92. The van der Waals surface area contributed by atoms with E-state index in [4.69, 9.17) is 0 Å². The Hall–Kier alpha value is -3.40. The standard InChI is InChI=1S/C23H20N2O2/c26-21-16-20(23(27)24-18-12-6-2-7-13-18)22(17-10-4-1-5-11-17)25(21)19-14-8-3-9-15-19/h1-15,20,22H,16H2,(H,24,27)/t20-,22+/m1/s1. The van der Waals surface area contributed by atoms with E-state index in [1.54, 1.807) is 4.90 Å². The van der Waals surface area contributed by atoms with Gasteiger partial charge in [-0.2, -0.15) is 0 Å². The van der Waals surface area contributed by atoms with Gasteiger partial charge >= 0.3 is 0 Å². The van der Waals surface area contributed by atoms with Crippen LogP contribution < -0.4 is 10.2 Å². The lowest BCUT2D eigenvalue weighted by Crippen LogP contribution is -2.32. The third-order valence-corrected chi connectivity index (χ3v) is 4.88. The summed E-state index contributed by atoms with van der Waals surface area (Å²) in [6.45, 7) is 0. The van der Waals surface area contributed by atoms with Crippen LogP contribution in [0.25, 0.3) is 0 Å². The highest BCUT2D eigenvalue weighted by molar-refractivity contribution is 6.04. The summed E-state index contributed by atoms with van der Waals surface area (Å²) in [6.07, 6.45) is 0.188. The quantitative estimate of drug-likeness (QED) is 0.752. The van der Waals surface area contributed by atoms with Gasteiger partial charge in [0.15, 0.2) is 0 Å². The van der Waals surface area contributed by atoms with Crippen molar-refractivity contribution in [3.63, 3.8) is 0 Å². The van der Waals surface area contributed by atoms with E-state index < -0.39 is 5.92 Å². The molecule has 1 heterocycles. The van der Waals surface area contributed by atoms with Gasteiger partial charge in [0.1, 0.15) is 0 Å². The minimum Gasteiger partial charge on any atom is -0.326 e. The predicted octanol–water partition coefficient (Wildman–Crippen LogP) is 4.42. The molecule has 3 aromatic rings. The molecule has 1 aliphatic rings. The van der Waals surface area contributed by atoms with Crippen LogP contribution in [0, 0.1) is 5.92 Å². The van der Waals surface area contributed by atoms with Gasteiger partial charge in [-0.1, -0.05) is 66.7 Å². The highest BCUT2D eigenvalue weighted by atomic mass is 16.2. The molecule has 0 aromatic heterocycles. The van der Waals surface area contributed by atoms with Gasteiger partial charge in [0.05, 0.1) is 12.0 Å². The molecule has 2 amide bonds. The van der Waals surface area contributed by atoms with E-state index in [0.717, 1.165) is 16.9 Å². The molecule has 0 aliphatic carbocycles. The average molecular weight is 356 g/mol. The fourth-order valence-corrected chi connectivity index (χ4v) is 3.65. The Morgan fingerprint density at radius 2 is 1.37 bits per heavy atom. The summed E-state index contributed by atoms with van der Waals surface area (Å²) in [5.74, 6) is -0.634. The number of nitrogens with one attached hydrogen (secondary N) is 1. The summed E-state index contributed by atoms with van der Waals surface area (Å²) in [6, 6.07) is 28.3. The molecule has 4 rings (SSSR count). The third-order valence-electron chi connectivity index (χ3n) is 4.88. The largest absolute Gasteiger partial charge is 0.326 e. The van der Waals surface area contributed by atoms with Crippen molar-refractivity contribution in [2.24, 2.45) is 5.92 Å². The summed E-state index contributed by atoms with van der Waals surface area (Å²) < 4.78 is 0. The molecule has 0 spiro atoms. The number of rotatable bonds is 4. The van der Waals surface area contributed by atoms with Gasteiger partial charge in [0.2, 0.25) is 11.8 Å². The molecule has 27 heavy (non-hydrogen) atoms. The molecule has 2 atom stereocenters. The van der Waals surface area contributed by atoms with E-state index in [9.17, 15) is 9.59 Å². The number of carbonyl (C=O) groups is 2. The molecule has 0 unspecified atom stereocenters. The fourth-order valence-electron chi connectivity index (χ4n) is 3.65. The molecule has 4 heteroatoms. The van der Waals surface area contributed by atoms with Crippen molar-refractivity contribution in [2.45, 2.75) is 12.5 Å². The fraction of sp³-hybridized carbons (Fsp3) is 0.130. The minimum atomic E-state index is -0.458. The van der Waals surface area contributed by atoms with E-state index in [-0.39, 0.29) is 24.3 Å². The van der Waals surface area contributed by atoms with E-state index >= 15 is 0 Å². The molecule has 4 nitrogen and oxygen atoms in total. The maximum atomic E-state index is 13.0. The van der Waals surface area contributed by atoms with Crippen LogP contribution in [0.5, 0.6) is 0 Å². The zero-order valence-corrected chi connectivity index (χ0v) is 14.8. The number of carbonyl (C=O) groups excluding carboxylic acids is 2. The van der Waals surface area contributed by atoms with Crippen LogP contribution in [-0.4, -0.2) is 11.8 Å². The smallest absolute Gasteiger partial charge is 0.230 e. The molecule has 1 N–H and O–H groups in total. The summed E-state index contributed by atoms with van der Waals surface area (Å²) in [5.41, 5.74) is 2.51. The first-order valence-electron chi connectivity index (χ1n) is 9.02. The lowest BCUT2D eigenvalue weighted by Gasteiger charge is -2.28. The van der Waals surface area contributed by atoms with Gasteiger partial charge in [0, 0.05) is 17.8 Å². The molecular weight excluding hydrogens is 336 g/mol. The van der Waals surface area contributed by atoms with Crippen LogP contribution in [0.2, 0.25) is 0 Å². The monoisotopic (exact) mass is 356 g/mol. The molecule has 0 radical (unpaired) electrons. The number of benzene rings is 3. The SMILES string of the molecule is O=C(Nc1ccccc1)[C@@H]1CC(=O)N(c2ccccc2)[C@H]1c1ccccc1. The van der Waals surface area contributed by atoms with E-state index in [1.165, 1.54) is 0 Å². The highest BCUT2D eigenvalue weighted by Gasteiger charge is 2.45. The van der Waals surface area contributed by atoms with Crippen LogP contribution in [0.15, 0.2) is 91.0 Å². The Morgan fingerprint density at radius 3 is 2.00 bits per heavy atom. The molecule has 1 saturated heterocycles. The first-order valence-corrected chi connectivity index (χ1v) is 9.02. The highest BCUT2D eigenvalue weighted by Crippen LogP contribution is 2.41. The van der Waals surface area contributed by atoms with Gasteiger partial charge in [-0.3, -0.25) is 9.59 Å². The zero-order valence-electron chi connectivity index (χ0n) is 14.8. The Kier molecular flexibility index (Phi) is 4.71. The summed E-state index contributed by atoms with van der Waals surface area (Å²) in [7, 11) is 0. The summed E-state index contributed by atoms with van der Waals surface area (Å²) in [5, 5.41) is 2.96. The first-order chi connectivity index (χ1) is 13.2. The number of nitrogens with zero attached hydrogens (tertiary/aromatic N) is 1. The normalized spacial score (nSPS) is 19.1. The second-order valence-corrected chi connectivity index (χ2v) is 6.62. The van der Waals surface area contributed by atoms with Gasteiger partial charge in [0.25, 0.3) is 0 Å². The molecule has 3 aromatic carbocycles. The van der Waals surface area contributed by atoms with Crippen LogP contribution >= 0.6 is 0 Å². The topological polar surface area (TPSA) is 49.4 Å². The summed E-state index contributed by atoms with van der Waals surface area (Å²) >= 11 is 0. The maximum Gasteiger partial charge on any atom is 0.230 e. The Labute approximate surface area is 158 Å². The number of amides is 2. The van der Waals surface area contributed by atoms with Crippen molar-refractivity contribution >= 4 is 23.2 Å². The van der Waals surface area contributed by atoms with Crippen molar-refractivity contribution in [2.75, 3.05) is 10.2 Å². The number of para-hydroxylation sites is 2. The van der Waals surface area contributed by atoms with Crippen LogP contribution in [0.1, 0.15) is 18.0 Å². The van der Waals surface area contributed by atoms with Crippen LogP contribution in [-0.2, 0) is 9.59 Å². The molecule has 1 aliphatic heterocycles. The summed E-state index contributed by atoms with van der Waals surface area (Å²) in [4.78, 5) is 27.7. The second kappa shape index (κ2) is 7.46. The van der Waals surface area contributed by atoms with Crippen molar-refractivity contribution < 1.29 is 9.59 Å². The molecule has 0 saturated carbocycles. The Balaban J connectivity index is 1.70. The molecule has 134 valence electrons. The molecule has 0 bridgehead atoms. The molecular formula is C23H20N2O2. The molecule has 1 fully saturated rings. The van der Waals surface area contributed by atoms with Crippen LogP contribution in [0.4, 0.5) is 11.4 Å². The van der Waals surface area contributed by atoms with Gasteiger partial charge < -0.3 is 10.2 Å².